The van der Waals surface area contributed by atoms with Crippen LogP contribution < -0.4 is 5.32 Å². The molecule has 0 unspecified atom stereocenters. The van der Waals surface area contributed by atoms with E-state index in [9.17, 15) is 0 Å². The van der Waals surface area contributed by atoms with E-state index in [0.717, 1.165) is 12.8 Å². The first kappa shape index (κ1) is 9.83. The number of hydrogen-bond acceptors (Lipinski definition) is 2. The van der Waals surface area contributed by atoms with Crippen LogP contribution in [0.3, 0.4) is 0 Å². The van der Waals surface area contributed by atoms with Crippen LogP contribution in [0.25, 0.3) is 0 Å². The highest BCUT2D eigenvalue weighted by molar-refractivity contribution is 6.18. The second-order valence-electron chi connectivity index (χ2n) is 3.92. The molecule has 0 heterocycles. The van der Waals surface area contributed by atoms with Crippen molar-refractivity contribution in [2.45, 2.75) is 38.3 Å². The number of nitrogens with one attached hydrogen (secondary N) is 1. The van der Waals surface area contributed by atoms with Gasteiger partial charge in [0.1, 0.15) is 5.54 Å². The van der Waals surface area contributed by atoms with E-state index in [2.05, 4.69) is 25.2 Å². The Hall–Kier alpha value is -0.260. The van der Waals surface area contributed by atoms with Gasteiger partial charge in [0.15, 0.2) is 0 Å². The van der Waals surface area contributed by atoms with E-state index < -0.39 is 0 Å². The van der Waals surface area contributed by atoms with Crippen molar-refractivity contribution in [1.29, 1.82) is 5.26 Å². The molecule has 0 spiro atoms. The van der Waals surface area contributed by atoms with Crippen molar-refractivity contribution < 1.29 is 0 Å². The van der Waals surface area contributed by atoms with Gasteiger partial charge in [0.05, 0.1) is 6.07 Å². The SMILES string of the molecule is CC(C)NC1(C#N)CC(CCl)C1. The van der Waals surface area contributed by atoms with Gasteiger partial charge in [0.2, 0.25) is 0 Å². The molecule has 0 bridgehead atoms. The molecule has 12 heavy (non-hydrogen) atoms. The first-order valence-electron chi connectivity index (χ1n) is 4.37. The molecule has 1 aliphatic carbocycles. The molecule has 68 valence electrons. The van der Waals surface area contributed by atoms with Crippen LogP contribution in [-0.4, -0.2) is 17.5 Å². The monoisotopic (exact) mass is 186 g/mol. The predicted molar refractivity (Wildman–Crippen MR) is 50.1 cm³/mol. The smallest absolute Gasteiger partial charge is 0.107 e. The molecule has 0 saturated heterocycles. The van der Waals surface area contributed by atoms with Crippen LogP contribution in [-0.2, 0) is 0 Å². The topological polar surface area (TPSA) is 35.8 Å². The average molecular weight is 187 g/mol. The largest absolute Gasteiger partial charge is 0.297 e. The molecule has 0 aliphatic heterocycles. The molecule has 1 N–H and O–H groups in total. The van der Waals surface area contributed by atoms with Gasteiger partial charge in [0, 0.05) is 11.9 Å². The Morgan fingerprint density at radius 2 is 2.25 bits per heavy atom. The van der Waals surface area contributed by atoms with E-state index in [-0.39, 0.29) is 5.54 Å². The summed E-state index contributed by atoms with van der Waals surface area (Å²) in [5.74, 6) is 1.22. The normalized spacial score (nSPS) is 34.4. The highest BCUT2D eigenvalue weighted by atomic mass is 35.5. The lowest BCUT2D eigenvalue weighted by Crippen LogP contribution is -2.56. The van der Waals surface area contributed by atoms with Crippen LogP contribution in [0.2, 0.25) is 0 Å². The van der Waals surface area contributed by atoms with Crippen LogP contribution in [0.1, 0.15) is 26.7 Å². The first-order valence-corrected chi connectivity index (χ1v) is 4.90. The molecule has 1 saturated carbocycles. The fourth-order valence-electron chi connectivity index (χ4n) is 1.83. The minimum atomic E-state index is -0.270. The van der Waals surface area contributed by atoms with Crippen molar-refractivity contribution in [2.24, 2.45) is 5.92 Å². The number of nitrogens with zero attached hydrogens (tertiary/aromatic N) is 1. The van der Waals surface area contributed by atoms with Crippen molar-refractivity contribution >= 4 is 11.6 Å². The van der Waals surface area contributed by atoms with Gasteiger partial charge in [-0.2, -0.15) is 5.26 Å². The summed E-state index contributed by atoms with van der Waals surface area (Å²) in [6.45, 7) is 4.13. The summed E-state index contributed by atoms with van der Waals surface area (Å²) in [6.07, 6.45) is 1.82. The Kier molecular flexibility index (Phi) is 2.98. The van der Waals surface area contributed by atoms with Gasteiger partial charge in [-0.25, -0.2) is 0 Å². The van der Waals surface area contributed by atoms with Crippen molar-refractivity contribution in [1.82, 2.24) is 5.32 Å². The summed E-state index contributed by atoms with van der Waals surface area (Å²) in [5, 5.41) is 12.2. The molecule has 1 rings (SSSR count). The van der Waals surface area contributed by atoms with E-state index in [0.29, 0.717) is 17.8 Å². The third-order valence-corrected chi connectivity index (χ3v) is 2.71. The maximum absolute atomic E-state index is 8.94. The van der Waals surface area contributed by atoms with Crippen LogP contribution in [0.4, 0.5) is 0 Å². The van der Waals surface area contributed by atoms with Gasteiger partial charge in [0.25, 0.3) is 0 Å². The maximum Gasteiger partial charge on any atom is 0.107 e. The standard InChI is InChI=1S/C9H15ClN2/c1-7(2)12-9(6-11)3-8(4-9)5-10/h7-8,12H,3-5H2,1-2H3. The summed E-state index contributed by atoms with van der Waals surface area (Å²) in [7, 11) is 0. The number of alkyl halides is 1. The fraction of sp³-hybridized carbons (Fsp3) is 0.889. The number of rotatable bonds is 3. The van der Waals surface area contributed by atoms with Crippen LogP contribution in [0.15, 0.2) is 0 Å². The molecule has 2 nitrogen and oxygen atoms in total. The highest BCUT2D eigenvalue weighted by Gasteiger charge is 2.44. The summed E-state index contributed by atoms with van der Waals surface area (Å²) in [4.78, 5) is 0. The molecule has 0 aromatic heterocycles. The molecule has 0 aromatic rings. The van der Waals surface area contributed by atoms with Crippen LogP contribution in [0, 0.1) is 17.2 Å². The molecular formula is C9H15ClN2. The van der Waals surface area contributed by atoms with Crippen molar-refractivity contribution in [3.8, 4) is 6.07 Å². The van der Waals surface area contributed by atoms with Crippen molar-refractivity contribution in [3.63, 3.8) is 0 Å². The number of hydrogen-bond donors (Lipinski definition) is 1. The van der Waals surface area contributed by atoms with Crippen LogP contribution >= 0.6 is 11.6 Å². The van der Waals surface area contributed by atoms with E-state index in [1.807, 2.05) is 0 Å². The Balaban J connectivity index is 2.43. The predicted octanol–water partition coefficient (Wildman–Crippen LogP) is 1.90. The van der Waals surface area contributed by atoms with Gasteiger partial charge >= 0.3 is 0 Å². The second-order valence-corrected chi connectivity index (χ2v) is 4.23. The second kappa shape index (κ2) is 3.64. The van der Waals surface area contributed by atoms with E-state index in [1.165, 1.54) is 0 Å². The molecule has 1 fully saturated rings. The molecule has 0 radical (unpaired) electrons. The average Bonchev–Trinajstić information content (AvgIpc) is 1.95. The molecular weight excluding hydrogens is 172 g/mol. The Morgan fingerprint density at radius 1 is 1.67 bits per heavy atom. The summed E-state index contributed by atoms with van der Waals surface area (Å²) in [6, 6.07) is 2.72. The zero-order valence-corrected chi connectivity index (χ0v) is 8.36. The van der Waals surface area contributed by atoms with E-state index in [1.54, 1.807) is 0 Å². The zero-order valence-electron chi connectivity index (χ0n) is 7.60. The van der Waals surface area contributed by atoms with Gasteiger partial charge in [-0.3, -0.25) is 5.32 Å². The Morgan fingerprint density at radius 3 is 2.58 bits per heavy atom. The maximum atomic E-state index is 8.94. The summed E-state index contributed by atoms with van der Waals surface area (Å²) in [5.41, 5.74) is -0.270. The Bertz CT molecular complexity index is 189. The Labute approximate surface area is 78.9 Å². The molecule has 0 aromatic carbocycles. The summed E-state index contributed by atoms with van der Waals surface area (Å²) < 4.78 is 0. The quantitative estimate of drug-likeness (QED) is 0.684. The minimum absolute atomic E-state index is 0.270. The fourth-order valence-corrected chi connectivity index (χ4v) is 2.05. The van der Waals surface area contributed by atoms with E-state index >= 15 is 0 Å². The number of nitriles is 1. The van der Waals surface area contributed by atoms with Gasteiger partial charge in [-0.1, -0.05) is 0 Å². The lowest BCUT2D eigenvalue weighted by molar-refractivity contribution is 0.164. The molecule has 1 aliphatic rings. The van der Waals surface area contributed by atoms with Gasteiger partial charge < -0.3 is 0 Å². The van der Waals surface area contributed by atoms with Gasteiger partial charge in [-0.05, 0) is 32.6 Å². The molecule has 3 heteroatoms. The summed E-state index contributed by atoms with van der Waals surface area (Å²) >= 11 is 5.69. The molecule has 0 amide bonds. The van der Waals surface area contributed by atoms with Crippen molar-refractivity contribution in [2.75, 3.05) is 5.88 Å². The minimum Gasteiger partial charge on any atom is -0.297 e. The lowest BCUT2D eigenvalue weighted by atomic mass is 9.69. The number of halogens is 1. The third-order valence-electron chi connectivity index (χ3n) is 2.27. The molecule has 0 atom stereocenters. The first-order chi connectivity index (χ1) is 5.62. The lowest BCUT2D eigenvalue weighted by Gasteiger charge is -2.43. The third kappa shape index (κ3) is 1.91. The van der Waals surface area contributed by atoms with E-state index in [4.69, 9.17) is 16.9 Å². The highest BCUT2D eigenvalue weighted by Crippen LogP contribution is 2.38. The van der Waals surface area contributed by atoms with Crippen LogP contribution in [0.5, 0.6) is 0 Å². The van der Waals surface area contributed by atoms with Crippen molar-refractivity contribution in [3.05, 3.63) is 0 Å². The zero-order chi connectivity index (χ0) is 9.19. The van der Waals surface area contributed by atoms with Gasteiger partial charge in [-0.15, -0.1) is 11.6 Å².